The zero-order chi connectivity index (χ0) is 14.7. The van der Waals surface area contributed by atoms with Gasteiger partial charge in [0.2, 0.25) is 0 Å². The highest BCUT2D eigenvalue weighted by Gasteiger charge is 2.11. The normalized spacial score (nSPS) is 10.6. The van der Waals surface area contributed by atoms with Gasteiger partial charge in [0, 0.05) is 22.6 Å². The molecule has 3 nitrogen and oxygen atoms in total. The topological polar surface area (TPSA) is 37.8 Å². The largest absolute Gasteiger partial charge is 0.370 e. The van der Waals surface area contributed by atoms with Gasteiger partial charge in [-0.2, -0.15) is 0 Å². The number of benzene rings is 1. The second-order valence-electron chi connectivity index (χ2n) is 4.46. The van der Waals surface area contributed by atoms with E-state index in [-0.39, 0.29) is 0 Å². The Morgan fingerprint density at radius 2 is 1.95 bits per heavy atom. The monoisotopic (exact) mass is 359 g/mol. The molecular weight excluding hydrogens is 346 g/mol. The van der Waals surface area contributed by atoms with Crippen LogP contribution in [-0.2, 0) is 0 Å². The van der Waals surface area contributed by atoms with Crippen molar-refractivity contribution in [1.29, 1.82) is 0 Å². The molecule has 0 radical (unpaired) electrons. The number of rotatable bonds is 4. The van der Waals surface area contributed by atoms with Gasteiger partial charge in [-0.1, -0.05) is 30.3 Å². The fourth-order valence-electron chi connectivity index (χ4n) is 2.03. The number of nitrogens with zero attached hydrogens (tertiary/aromatic N) is 2. The molecule has 3 rings (SSSR count). The fraction of sp³-hybridized carbons (Fsp3) is 0.125. The molecule has 0 aliphatic rings. The van der Waals surface area contributed by atoms with E-state index >= 15 is 0 Å². The molecule has 5 heteroatoms. The number of nitrogens with one attached hydrogen (secondary N) is 1. The second-order valence-corrected chi connectivity index (χ2v) is 6.23. The maximum absolute atomic E-state index is 4.72. The standard InChI is InChI=1S/C16H14BrN3S/c1-2-18-14-10-13(15-12(17)8-9-21-15)19-16(20-14)11-6-4-3-5-7-11/h3-10H,2H2,1H3,(H,18,19,20). The van der Waals surface area contributed by atoms with E-state index in [2.05, 4.69) is 38.5 Å². The van der Waals surface area contributed by atoms with Crippen molar-refractivity contribution in [1.82, 2.24) is 9.97 Å². The molecule has 2 heterocycles. The van der Waals surface area contributed by atoms with Gasteiger partial charge in [0.15, 0.2) is 5.82 Å². The van der Waals surface area contributed by atoms with E-state index in [0.29, 0.717) is 0 Å². The van der Waals surface area contributed by atoms with Crippen LogP contribution in [0.15, 0.2) is 52.3 Å². The van der Waals surface area contributed by atoms with Gasteiger partial charge in [-0.05, 0) is 34.3 Å². The molecule has 0 bridgehead atoms. The summed E-state index contributed by atoms with van der Waals surface area (Å²) >= 11 is 5.25. The molecule has 3 aromatic rings. The quantitative estimate of drug-likeness (QED) is 0.706. The Hall–Kier alpha value is -1.72. The molecule has 21 heavy (non-hydrogen) atoms. The van der Waals surface area contributed by atoms with Crippen LogP contribution >= 0.6 is 27.3 Å². The first-order valence-electron chi connectivity index (χ1n) is 6.69. The number of hydrogen-bond acceptors (Lipinski definition) is 4. The van der Waals surface area contributed by atoms with Crippen molar-refractivity contribution in [3.8, 4) is 22.0 Å². The third kappa shape index (κ3) is 3.14. The summed E-state index contributed by atoms with van der Waals surface area (Å²) in [5, 5.41) is 5.33. The summed E-state index contributed by atoms with van der Waals surface area (Å²) in [5.41, 5.74) is 1.95. The lowest BCUT2D eigenvalue weighted by atomic mass is 10.2. The maximum atomic E-state index is 4.72. The Bertz CT molecular complexity index is 740. The van der Waals surface area contributed by atoms with Gasteiger partial charge in [0.1, 0.15) is 5.82 Å². The van der Waals surface area contributed by atoms with Crippen LogP contribution in [0.5, 0.6) is 0 Å². The highest BCUT2D eigenvalue weighted by atomic mass is 79.9. The van der Waals surface area contributed by atoms with Crippen molar-refractivity contribution >= 4 is 33.1 Å². The molecule has 1 aromatic carbocycles. The van der Waals surface area contributed by atoms with Crippen LogP contribution in [-0.4, -0.2) is 16.5 Å². The van der Waals surface area contributed by atoms with Crippen LogP contribution in [0.3, 0.4) is 0 Å². The Balaban J connectivity index is 2.13. The number of hydrogen-bond donors (Lipinski definition) is 1. The number of thiophene rings is 1. The summed E-state index contributed by atoms with van der Waals surface area (Å²) in [4.78, 5) is 10.4. The SMILES string of the molecule is CCNc1cc(-c2sccc2Br)nc(-c2ccccc2)n1. The van der Waals surface area contributed by atoms with E-state index in [1.54, 1.807) is 11.3 Å². The minimum Gasteiger partial charge on any atom is -0.370 e. The van der Waals surface area contributed by atoms with Gasteiger partial charge in [-0.25, -0.2) is 9.97 Å². The van der Waals surface area contributed by atoms with Crippen molar-refractivity contribution < 1.29 is 0 Å². The fourth-order valence-corrected chi connectivity index (χ4v) is 3.56. The predicted octanol–water partition coefficient (Wildman–Crippen LogP) is 5.07. The molecule has 0 aliphatic heterocycles. The van der Waals surface area contributed by atoms with Crippen LogP contribution in [0.1, 0.15) is 6.92 Å². The molecular formula is C16H14BrN3S. The van der Waals surface area contributed by atoms with Gasteiger partial charge >= 0.3 is 0 Å². The molecule has 0 aliphatic carbocycles. The van der Waals surface area contributed by atoms with E-state index < -0.39 is 0 Å². The molecule has 0 atom stereocenters. The molecule has 0 saturated heterocycles. The minimum atomic E-state index is 0.740. The van der Waals surface area contributed by atoms with Crippen molar-refractivity contribution in [3.05, 3.63) is 52.3 Å². The van der Waals surface area contributed by atoms with E-state index in [4.69, 9.17) is 4.98 Å². The number of halogens is 1. The van der Waals surface area contributed by atoms with Crippen LogP contribution < -0.4 is 5.32 Å². The second kappa shape index (κ2) is 6.37. The van der Waals surface area contributed by atoms with Gasteiger partial charge in [0.05, 0.1) is 10.6 Å². The molecule has 0 unspecified atom stereocenters. The van der Waals surface area contributed by atoms with E-state index in [9.17, 15) is 0 Å². The highest BCUT2D eigenvalue weighted by Crippen LogP contribution is 2.34. The average molecular weight is 360 g/mol. The summed E-state index contributed by atoms with van der Waals surface area (Å²) in [6, 6.07) is 14.1. The van der Waals surface area contributed by atoms with Crippen LogP contribution in [0, 0.1) is 0 Å². The Morgan fingerprint density at radius 3 is 2.62 bits per heavy atom. The van der Waals surface area contributed by atoms with Crippen LogP contribution in [0.2, 0.25) is 0 Å². The molecule has 1 N–H and O–H groups in total. The number of anilines is 1. The Kier molecular flexibility index (Phi) is 4.31. The van der Waals surface area contributed by atoms with Crippen LogP contribution in [0.4, 0.5) is 5.82 Å². The van der Waals surface area contributed by atoms with Crippen LogP contribution in [0.25, 0.3) is 22.0 Å². The van der Waals surface area contributed by atoms with Gasteiger partial charge in [0.25, 0.3) is 0 Å². The van der Waals surface area contributed by atoms with Crippen molar-refractivity contribution in [3.63, 3.8) is 0 Å². The highest BCUT2D eigenvalue weighted by molar-refractivity contribution is 9.10. The summed E-state index contributed by atoms with van der Waals surface area (Å²) < 4.78 is 1.06. The predicted molar refractivity (Wildman–Crippen MR) is 92.6 cm³/mol. The lowest BCUT2D eigenvalue weighted by molar-refractivity contribution is 1.12. The first-order chi connectivity index (χ1) is 10.3. The number of aromatic nitrogens is 2. The first kappa shape index (κ1) is 14.2. The summed E-state index contributed by atoms with van der Waals surface area (Å²) in [7, 11) is 0. The van der Waals surface area contributed by atoms with E-state index in [1.165, 1.54) is 0 Å². The Labute approximate surface area is 136 Å². The maximum Gasteiger partial charge on any atom is 0.162 e. The lowest BCUT2D eigenvalue weighted by Gasteiger charge is -2.08. The molecule has 0 saturated carbocycles. The minimum absolute atomic E-state index is 0.740. The van der Waals surface area contributed by atoms with Gasteiger partial charge in [-0.15, -0.1) is 11.3 Å². The molecule has 106 valence electrons. The van der Waals surface area contributed by atoms with Crippen molar-refractivity contribution in [2.45, 2.75) is 6.92 Å². The lowest BCUT2D eigenvalue weighted by Crippen LogP contribution is -2.02. The summed E-state index contributed by atoms with van der Waals surface area (Å²) in [6.07, 6.45) is 0. The van der Waals surface area contributed by atoms with Crippen molar-refractivity contribution in [2.24, 2.45) is 0 Å². The van der Waals surface area contributed by atoms with Crippen molar-refractivity contribution in [2.75, 3.05) is 11.9 Å². The summed E-state index contributed by atoms with van der Waals surface area (Å²) in [5.74, 6) is 1.59. The Morgan fingerprint density at radius 1 is 1.14 bits per heavy atom. The van der Waals surface area contributed by atoms with E-state index in [0.717, 1.165) is 38.8 Å². The zero-order valence-corrected chi connectivity index (χ0v) is 13.9. The zero-order valence-electron chi connectivity index (χ0n) is 11.5. The third-order valence-corrected chi connectivity index (χ3v) is 4.83. The third-order valence-electron chi connectivity index (χ3n) is 2.97. The smallest absolute Gasteiger partial charge is 0.162 e. The average Bonchev–Trinajstić information content (AvgIpc) is 2.94. The molecule has 0 amide bonds. The molecule has 0 spiro atoms. The van der Waals surface area contributed by atoms with Gasteiger partial charge in [-0.3, -0.25) is 0 Å². The molecule has 0 fully saturated rings. The molecule has 2 aromatic heterocycles. The summed E-state index contributed by atoms with van der Waals surface area (Å²) in [6.45, 7) is 2.89. The van der Waals surface area contributed by atoms with Gasteiger partial charge < -0.3 is 5.32 Å². The van der Waals surface area contributed by atoms with E-state index in [1.807, 2.05) is 42.5 Å². The first-order valence-corrected chi connectivity index (χ1v) is 8.37.